The van der Waals surface area contributed by atoms with Crippen molar-refractivity contribution in [2.75, 3.05) is 19.0 Å². The highest BCUT2D eigenvalue weighted by Crippen LogP contribution is 2.26. The zero-order valence-corrected chi connectivity index (χ0v) is 13.9. The lowest BCUT2D eigenvalue weighted by molar-refractivity contribution is 0.225. The quantitative estimate of drug-likeness (QED) is 0.568. The number of anilines is 1. The molecule has 8 nitrogen and oxygen atoms in total. The van der Waals surface area contributed by atoms with Crippen molar-refractivity contribution in [2.45, 2.75) is 13.0 Å². The average Bonchev–Trinajstić information content (AvgIpc) is 3.04. The van der Waals surface area contributed by atoms with Gasteiger partial charge in [0.2, 0.25) is 5.88 Å². The SMILES string of the molecule is COc1n[nH]c2cc(NC(=O)N[C@H](CO)c3ccccc3)nc(C)c12. The average molecular weight is 341 g/mol. The molecule has 0 aliphatic heterocycles. The maximum Gasteiger partial charge on any atom is 0.320 e. The highest BCUT2D eigenvalue weighted by Gasteiger charge is 2.16. The van der Waals surface area contributed by atoms with Gasteiger partial charge in [-0.05, 0) is 12.5 Å². The van der Waals surface area contributed by atoms with Crippen molar-refractivity contribution in [2.24, 2.45) is 0 Å². The van der Waals surface area contributed by atoms with Gasteiger partial charge in [-0.2, -0.15) is 0 Å². The number of benzene rings is 1. The molecule has 25 heavy (non-hydrogen) atoms. The number of aliphatic hydroxyl groups is 1. The van der Waals surface area contributed by atoms with Gasteiger partial charge in [0.15, 0.2) is 0 Å². The van der Waals surface area contributed by atoms with Crippen LogP contribution in [0.2, 0.25) is 0 Å². The molecular formula is C17H19N5O3. The van der Waals surface area contributed by atoms with E-state index in [9.17, 15) is 9.90 Å². The van der Waals surface area contributed by atoms with Crippen LogP contribution < -0.4 is 15.4 Å². The number of aromatic amines is 1. The summed E-state index contributed by atoms with van der Waals surface area (Å²) in [7, 11) is 1.53. The van der Waals surface area contributed by atoms with Crippen LogP contribution in [0.4, 0.5) is 10.6 Å². The molecule has 0 unspecified atom stereocenters. The molecule has 2 heterocycles. The first-order chi connectivity index (χ1) is 12.1. The number of hydrogen-bond acceptors (Lipinski definition) is 5. The molecule has 0 spiro atoms. The monoisotopic (exact) mass is 341 g/mol. The molecule has 0 saturated carbocycles. The summed E-state index contributed by atoms with van der Waals surface area (Å²) >= 11 is 0. The molecule has 2 amide bonds. The van der Waals surface area contributed by atoms with Gasteiger partial charge in [-0.25, -0.2) is 9.78 Å². The van der Waals surface area contributed by atoms with Crippen molar-refractivity contribution in [3.8, 4) is 5.88 Å². The maximum atomic E-state index is 12.2. The smallest absolute Gasteiger partial charge is 0.320 e. The van der Waals surface area contributed by atoms with E-state index in [-0.39, 0.29) is 6.61 Å². The Bertz CT molecular complexity index is 879. The van der Waals surface area contributed by atoms with Gasteiger partial charge >= 0.3 is 6.03 Å². The number of aromatic nitrogens is 3. The van der Waals surface area contributed by atoms with Gasteiger partial charge in [0.25, 0.3) is 0 Å². The summed E-state index contributed by atoms with van der Waals surface area (Å²) in [5.74, 6) is 0.832. The highest BCUT2D eigenvalue weighted by atomic mass is 16.5. The number of aliphatic hydroxyl groups excluding tert-OH is 1. The van der Waals surface area contributed by atoms with Crippen LogP contribution in [0.15, 0.2) is 36.4 Å². The van der Waals surface area contributed by atoms with Crippen molar-refractivity contribution >= 4 is 22.8 Å². The van der Waals surface area contributed by atoms with E-state index in [1.54, 1.807) is 6.07 Å². The molecule has 1 atom stereocenters. The summed E-state index contributed by atoms with van der Waals surface area (Å²) in [5.41, 5.74) is 2.21. The molecule has 1 aromatic carbocycles. The van der Waals surface area contributed by atoms with Crippen LogP contribution in [0.3, 0.4) is 0 Å². The first kappa shape index (κ1) is 16.7. The Balaban J connectivity index is 1.75. The van der Waals surface area contributed by atoms with E-state index in [4.69, 9.17) is 4.74 Å². The first-order valence-corrected chi connectivity index (χ1v) is 7.75. The highest BCUT2D eigenvalue weighted by molar-refractivity contribution is 5.93. The standard InChI is InChI=1S/C17H19N5O3/c1-10-15-12(21-22-16(15)25-2)8-14(18-10)20-17(24)19-13(9-23)11-6-4-3-5-7-11/h3-8,13,23H,9H2,1-2H3,(H,21,22)(H2,18,19,20,24)/t13-/m1/s1. The van der Waals surface area contributed by atoms with Gasteiger partial charge in [-0.15, -0.1) is 5.10 Å². The number of nitrogens with zero attached hydrogens (tertiary/aromatic N) is 2. The Kier molecular flexibility index (Phi) is 4.80. The van der Waals surface area contributed by atoms with Gasteiger partial charge in [0, 0.05) is 6.07 Å². The van der Waals surface area contributed by atoms with Crippen LogP contribution in [0.1, 0.15) is 17.3 Å². The van der Waals surface area contributed by atoms with Gasteiger partial charge in [0.1, 0.15) is 5.82 Å². The summed E-state index contributed by atoms with van der Waals surface area (Å²) < 4.78 is 5.18. The van der Waals surface area contributed by atoms with Crippen LogP contribution in [0, 0.1) is 6.92 Å². The molecule has 3 aromatic rings. The molecule has 2 aromatic heterocycles. The molecule has 0 aliphatic rings. The minimum absolute atomic E-state index is 0.208. The van der Waals surface area contributed by atoms with Crippen LogP contribution in [0.5, 0.6) is 5.88 Å². The van der Waals surface area contributed by atoms with Gasteiger partial charge in [-0.1, -0.05) is 30.3 Å². The molecule has 130 valence electrons. The molecule has 0 bridgehead atoms. The molecule has 4 N–H and O–H groups in total. The molecular weight excluding hydrogens is 322 g/mol. The number of fused-ring (bicyclic) bond motifs is 1. The van der Waals surface area contributed by atoms with Crippen LogP contribution in [0.25, 0.3) is 10.9 Å². The van der Waals surface area contributed by atoms with Crippen LogP contribution in [-0.4, -0.2) is 40.0 Å². The summed E-state index contributed by atoms with van der Waals surface area (Å²) in [4.78, 5) is 16.6. The number of H-pyrrole nitrogens is 1. The van der Waals surface area contributed by atoms with Gasteiger partial charge in [-0.3, -0.25) is 10.4 Å². The Morgan fingerprint density at radius 1 is 1.36 bits per heavy atom. The van der Waals surface area contributed by atoms with E-state index < -0.39 is 12.1 Å². The number of hydrogen-bond donors (Lipinski definition) is 4. The van der Waals surface area contributed by atoms with Gasteiger partial charge < -0.3 is 15.2 Å². The summed E-state index contributed by atoms with van der Waals surface area (Å²) in [5, 5.41) is 22.6. The number of urea groups is 1. The number of carbonyl (C=O) groups is 1. The number of nitrogens with one attached hydrogen (secondary N) is 3. The lowest BCUT2D eigenvalue weighted by Crippen LogP contribution is -2.34. The molecule has 0 saturated heterocycles. The van der Waals surface area contributed by atoms with E-state index in [0.29, 0.717) is 22.9 Å². The number of carbonyl (C=O) groups excluding carboxylic acids is 1. The number of aryl methyl sites for hydroxylation is 1. The number of ether oxygens (including phenoxy) is 1. The van der Waals surface area contributed by atoms with Crippen molar-refractivity contribution < 1.29 is 14.6 Å². The molecule has 0 radical (unpaired) electrons. The van der Waals surface area contributed by atoms with Crippen LogP contribution >= 0.6 is 0 Å². The number of methoxy groups -OCH3 is 1. The second kappa shape index (κ2) is 7.18. The van der Waals surface area contributed by atoms with E-state index in [0.717, 1.165) is 10.9 Å². The Hall–Kier alpha value is -3.13. The number of rotatable bonds is 5. The van der Waals surface area contributed by atoms with Crippen molar-refractivity contribution in [3.05, 3.63) is 47.7 Å². The largest absolute Gasteiger partial charge is 0.479 e. The zero-order valence-electron chi connectivity index (χ0n) is 13.9. The summed E-state index contributed by atoms with van der Waals surface area (Å²) in [6.07, 6.45) is 0. The minimum Gasteiger partial charge on any atom is -0.479 e. The summed E-state index contributed by atoms with van der Waals surface area (Å²) in [6, 6.07) is 9.97. The Morgan fingerprint density at radius 3 is 2.80 bits per heavy atom. The summed E-state index contributed by atoms with van der Waals surface area (Å²) in [6.45, 7) is 1.60. The van der Waals surface area contributed by atoms with E-state index in [1.807, 2.05) is 37.3 Å². The fourth-order valence-electron chi connectivity index (χ4n) is 2.64. The number of amides is 2. The first-order valence-electron chi connectivity index (χ1n) is 7.75. The second-order valence-electron chi connectivity index (χ2n) is 5.49. The topological polar surface area (TPSA) is 112 Å². The third kappa shape index (κ3) is 3.53. The van der Waals surface area contributed by atoms with Crippen molar-refractivity contribution in [1.82, 2.24) is 20.5 Å². The predicted molar refractivity (Wildman–Crippen MR) is 93.6 cm³/mol. The van der Waals surface area contributed by atoms with E-state index >= 15 is 0 Å². The fraction of sp³-hybridized carbons (Fsp3) is 0.235. The van der Waals surface area contributed by atoms with E-state index in [2.05, 4.69) is 25.8 Å². The Morgan fingerprint density at radius 2 is 2.12 bits per heavy atom. The Labute approximate surface area is 144 Å². The van der Waals surface area contributed by atoms with Crippen molar-refractivity contribution in [3.63, 3.8) is 0 Å². The fourth-order valence-corrected chi connectivity index (χ4v) is 2.64. The molecule has 0 aliphatic carbocycles. The lowest BCUT2D eigenvalue weighted by atomic mass is 10.1. The molecule has 8 heteroatoms. The molecule has 0 fully saturated rings. The van der Waals surface area contributed by atoms with Crippen LogP contribution in [-0.2, 0) is 0 Å². The van der Waals surface area contributed by atoms with E-state index in [1.165, 1.54) is 7.11 Å². The third-order valence-corrected chi connectivity index (χ3v) is 3.82. The van der Waals surface area contributed by atoms with Gasteiger partial charge in [0.05, 0.1) is 36.4 Å². The lowest BCUT2D eigenvalue weighted by Gasteiger charge is -2.17. The third-order valence-electron chi connectivity index (χ3n) is 3.82. The minimum atomic E-state index is -0.502. The maximum absolute atomic E-state index is 12.2. The second-order valence-corrected chi connectivity index (χ2v) is 5.49. The zero-order chi connectivity index (χ0) is 17.8. The normalized spacial score (nSPS) is 12.0. The van der Waals surface area contributed by atoms with Crippen molar-refractivity contribution in [1.29, 1.82) is 0 Å². The predicted octanol–water partition coefficient (Wildman–Crippen LogP) is 2.13. The molecule has 3 rings (SSSR count). The number of pyridine rings is 1.